The van der Waals surface area contributed by atoms with Gasteiger partial charge in [0.25, 0.3) is 0 Å². The molecule has 0 bridgehead atoms. The number of rotatable bonds is 10. The summed E-state index contributed by atoms with van der Waals surface area (Å²) in [5.74, 6) is 0.814. The van der Waals surface area contributed by atoms with Crippen LogP contribution >= 0.6 is 11.6 Å². The number of hydrogen-bond acceptors (Lipinski definition) is 5. The molecule has 0 saturated heterocycles. The van der Waals surface area contributed by atoms with Gasteiger partial charge in [0.05, 0.1) is 5.41 Å². The van der Waals surface area contributed by atoms with Gasteiger partial charge in [-0.25, -0.2) is 9.97 Å². The fourth-order valence-electron chi connectivity index (χ4n) is 5.95. The largest absolute Gasteiger partial charge is 0.481 e. The van der Waals surface area contributed by atoms with Crippen molar-refractivity contribution in [3.8, 4) is 0 Å². The van der Waals surface area contributed by atoms with Gasteiger partial charge < -0.3 is 10.8 Å². The number of carbonyl (C=O) groups is 2. The Morgan fingerprint density at radius 3 is 2.43 bits per heavy atom. The van der Waals surface area contributed by atoms with E-state index < -0.39 is 11.4 Å². The molecule has 1 heterocycles. The van der Waals surface area contributed by atoms with Gasteiger partial charge in [0.1, 0.15) is 11.6 Å². The highest BCUT2D eigenvalue weighted by Gasteiger charge is 2.45. The van der Waals surface area contributed by atoms with E-state index in [1.807, 2.05) is 32.0 Å². The van der Waals surface area contributed by atoms with E-state index in [2.05, 4.69) is 25.4 Å². The second-order valence-electron chi connectivity index (χ2n) is 10.8. The van der Waals surface area contributed by atoms with Crippen LogP contribution in [0, 0.1) is 18.8 Å². The number of halogens is 1. The van der Waals surface area contributed by atoms with Gasteiger partial charge >= 0.3 is 5.97 Å². The summed E-state index contributed by atoms with van der Waals surface area (Å²) < 4.78 is 0. The number of hydrogen-bond donors (Lipinski definition) is 2. The van der Waals surface area contributed by atoms with Gasteiger partial charge in [0.2, 0.25) is 0 Å². The third kappa shape index (κ3) is 6.06. The lowest BCUT2D eigenvalue weighted by molar-refractivity contribution is -0.137. The molecule has 1 fully saturated rings. The Morgan fingerprint density at radius 2 is 1.89 bits per heavy atom. The highest BCUT2D eigenvalue weighted by Crippen LogP contribution is 2.46. The third-order valence-electron chi connectivity index (χ3n) is 8.55. The molecule has 0 amide bonds. The van der Waals surface area contributed by atoms with Crippen molar-refractivity contribution in [1.29, 1.82) is 0 Å². The number of nitrogens with zero attached hydrogens (tertiary/aromatic N) is 2. The molecule has 1 saturated carbocycles. The van der Waals surface area contributed by atoms with Gasteiger partial charge in [-0.15, -0.1) is 0 Å². The molecule has 0 radical (unpaired) electrons. The van der Waals surface area contributed by atoms with Gasteiger partial charge in [-0.2, -0.15) is 0 Å². The molecule has 1 aromatic carbocycles. The number of Topliss-reactive ketones (excluding diaryl/α,β-unsaturated/α-hetero) is 1. The number of nitrogens with two attached hydrogens (primary N) is 1. The number of carboxylic acid groups (broad SMARTS) is 1. The third-order valence-corrected chi connectivity index (χ3v) is 8.79. The van der Waals surface area contributed by atoms with Crippen molar-refractivity contribution in [3.63, 3.8) is 0 Å². The first-order chi connectivity index (χ1) is 17.4. The van der Waals surface area contributed by atoms with E-state index in [1.54, 1.807) is 6.92 Å². The van der Waals surface area contributed by atoms with Crippen LogP contribution in [0.25, 0.3) is 5.57 Å². The first kappa shape index (κ1) is 28.8. The molecular formula is C30H40ClN3O3. The second-order valence-corrected chi connectivity index (χ2v) is 11.3. The molecule has 3 N–H and O–H groups in total. The number of aromatic nitrogens is 2. The van der Waals surface area contributed by atoms with Crippen LogP contribution in [0.3, 0.4) is 0 Å². The molecule has 1 aliphatic rings. The van der Waals surface area contributed by atoms with E-state index in [0.717, 1.165) is 43.2 Å². The molecule has 3 rings (SSSR count). The maximum atomic E-state index is 13.2. The highest BCUT2D eigenvalue weighted by molar-refractivity contribution is 6.30. The fourth-order valence-corrected chi connectivity index (χ4v) is 6.13. The number of ketones is 1. The normalized spacial score (nSPS) is 20.2. The summed E-state index contributed by atoms with van der Waals surface area (Å²) in [4.78, 5) is 33.7. The first-order valence-electron chi connectivity index (χ1n) is 13.3. The zero-order valence-corrected chi connectivity index (χ0v) is 23.5. The summed E-state index contributed by atoms with van der Waals surface area (Å²) in [5, 5.41) is 9.70. The minimum Gasteiger partial charge on any atom is -0.481 e. The summed E-state index contributed by atoms with van der Waals surface area (Å²) >= 11 is 6.29. The molecule has 0 spiro atoms. The molecule has 0 aliphatic heterocycles. The van der Waals surface area contributed by atoms with Gasteiger partial charge in [-0.3, -0.25) is 9.59 Å². The summed E-state index contributed by atoms with van der Waals surface area (Å²) in [6.45, 7) is 14.1. The van der Waals surface area contributed by atoms with Gasteiger partial charge in [0.15, 0.2) is 5.82 Å². The summed E-state index contributed by atoms with van der Waals surface area (Å²) in [7, 11) is 0. The lowest BCUT2D eigenvalue weighted by Gasteiger charge is -2.41. The molecule has 37 heavy (non-hydrogen) atoms. The Bertz CT molecular complexity index is 1160. The SMILES string of the molecule is C=C(c1nc(C)c(C(C)(C(C)=O)C2CCC(CCC(=O)O)CC2)c(N)n1)c1ccc(Cl)cc1C(C)CC. The lowest BCUT2D eigenvalue weighted by Crippen LogP contribution is -2.42. The van der Waals surface area contributed by atoms with Crippen molar-refractivity contribution in [2.75, 3.05) is 5.73 Å². The predicted molar refractivity (Wildman–Crippen MR) is 150 cm³/mol. The maximum Gasteiger partial charge on any atom is 0.303 e. The van der Waals surface area contributed by atoms with Crippen molar-refractivity contribution >= 4 is 34.7 Å². The Kier molecular flexibility index (Phi) is 9.17. The van der Waals surface area contributed by atoms with E-state index in [-0.39, 0.29) is 24.0 Å². The number of carbonyl (C=O) groups excluding carboxylic acids is 1. The fraction of sp³-hybridized carbons (Fsp3) is 0.533. The zero-order valence-electron chi connectivity index (χ0n) is 22.7. The number of carboxylic acids is 1. The molecule has 1 aliphatic carbocycles. The predicted octanol–water partition coefficient (Wildman–Crippen LogP) is 7.11. The smallest absolute Gasteiger partial charge is 0.303 e. The summed E-state index contributed by atoms with van der Waals surface area (Å²) in [5.41, 5.74) is 9.88. The molecule has 2 unspecified atom stereocenters. The Morgan fingerprint density at radius 1 is 1.24 bits per heavy atom. The van der Waals surface area contributed by atoms with Crippen molar-refractivity contribution in [2.24, 2.45) is 11.8 Å². The van der Waals surface area contributed by atoms with Crippen LogP contribution in [0.15, 0.2) is 24.8 Å². The van der Waals surface area contributed by atoms with Crippen molar-refractivity contribution in [3.05, 3.63) is 58.0 Å². The summed E-state index contributed by atoms with van der Waals surface area (Å²) in [6.07, 6.45) is 5.33. The monoisotopic (exact) mass is 525 g/mol. The quantitative estimate of drug-likeness (QED) is 0.342. The average Bonchev–Trinajstić information content (AvgIpc) is 2.86. The molecule has 6 nitrogen and oxygen atoms in total. The molecule has 2 atom stereocenters. The minimum atomic E-state index is -0.812. The van der Waals surface area contributed by atoms with E-state index in [0.29, 0.717) is 45.8 Å². The molecular weight excluding hydrogens is 486 g/mol. The Hall–Kier alpha value is -2.73. The van der Waals surface area contributed by atoms with E-state index >= 15 is 0 Å². The van der Waals surface area contributed by atoms with E-state index in [4.69, 9.17) is 27.4 Å². The highest BCUT2D eigenvalue weighted by atomic mass is 35.5. The first-order valence-corrected chi connectivity index (χ1v) is 13.6. The van der Waals surface area contributed by atoms with Crippen LogP contribution in [0.4, 0.5) is 5.82 Å². The average molecular weight is 526 g/mol. The Balaban J connectivity index is 1.95. The van der Waals surface area contributed by atoms with Crippen molar-refractivity contribution in [2.45, 2.75) is 90.9 Å². The second kappa shape index (κ2) is 11.8. The molecule has 200 valence electrons. The topological polar surface area (TPSA) is 106 Å². The van der Waals surface area contributed by atoms with Gasteiger partial charge in [-0.05, 0) is 87.5 Å². The zero-order chi connectivity index (χ0) is 27.5. The Labute approximate surface area is 225 Å². The number of anilines is 1. The number of nitrogen functional groups attached to an aromatic ring is 1. The van der Waals surface area contributed by atoms with Crippen LogP contribution in [0.5, 0.6) is 0 Å². The van der Waals surface area contributed by atoms with E-state index in [9.17, 15) is 9.59 Å². The van der Waals surface area contributed by atoms with Crippen LogP contribution in [-0.4, -0.2) is 26.8 Å². The molecule has 2 aromatic rings. The van der Waals surface area contributed by atoms with Crippen molar-refractivity contribution < 1.29 is 14.7 Å². The maximum absolute atomic E-state index is 13.2. The number of benzene rings is 1. The molecule has 7 heteroatoms. The van der Waals surface area contributed by atoms with E-state index in [1.165, 1.54) is 0 Å². The summed E-state index contributed by atoms with van der Waals surface area (Å²) in [6, 6.07) is 5.77. The standard InChI is InChI=1S/C30H40ClN3O3/c1-7-17(2)25-16-23(31)13-14-24(25)18(3)29-33-19(4)27(28(32)34-29)30(6,20(5)35)22-11-8-21(9-12-22)10-15-26(36)37/h13-14,16-17,21-22H,3,7-12,15H2,1-2,4-6H3,(H,36,37)(H2,32,33,34). The van der Waals surface area contributed by atoms with Crippen LogP contribution in [0.1, 0.15) is 107 Å². The van der Waals surface area contributed by atoms with Crippen LogP contribution < -0.4 is 5.73 Å². The van der Waals surface area contributed by atoms with Crippen molar-refractivity contribution in [1.82, 2.24) is 9.97 Å². The minimum absolute atomic E-state index is 0.0446. The lowest BCUT2D eigenvalue weighted by atomic mass is 9.62. The van der Waals surface area contributed by atoms with Crippen LogP contribution in [0.2, 0.25) is 5.02 Å². The van der Waals surface area contributed by atoms with Crippen LogP contribution in [-0.2, 0) is 15.0 Å². The molecule has 1 aromatic heterocycles. The van der Waals surface area contributed by atoms with Gasteiger partial charge in [-0.1, -0.05) is 50.9 Å². The number of aryl methyl sites for hydroxylation is 1. The van der Waals surface area contributed by atoms with Gasteiger partial charge in [0, 0.05) is 28.3 Å². The number of aliphatic carboxylic acids is 1.